The van der Waals surface area contributed by atoms with Crippen LogP contribution in [-0.4, -0.2) is 59.8 Å². The van der Waals surface area contributed by atoms with Gasteiger partial charge < -0.3 is 19.7 Å². The van der Waals surface area contributed by atoms with Crippen LogP contribution >= 0.6 is 0 Å². The number of ether oxygens (including phenoxy) is 2. The van der Waals surface area contributed by atoms with Crippen LogP contribution in [0.2, 0.25) is 0 Å². The molecule has 2 heterocycles. The van der Waals surface area contributed by atoms with Gasteiger partial charge in [-0.1, -0.05) is 30.3 Å². The Morgan fingerprint density at radius 1 is 1.13 bits per heavy atom. The van der Waals surface area contributed by atoms with E-state index in [1.807, 2.05) is 42.5 Å². The van der Waals surface area contributed by atoms with Crippen molar-refractivity contribution < 1.29 is 24.3 Å². The number of nitrogens with one attached hydrogen (secondary N) is 2. The fraction of sp³-hybridized carbons (Fsp3) is 0.433. The molecule has 5 rings (SSSR count). The Labute approximate surface area is 228 Å². The maximum absolute atomic E-state index is 12.6. The van der Waals surface area contributed by atoms with E-state index < -0.39 is 23.2 Å². The molecule has 3 N–H and O–H groups in total. The van der Waals surface area contributed by atoms with Crippen molar-refractivity contribution in [1.82, 2.24) is 15.4 Å². The minimum absolute atomic E-state index is 0.236. The van der Waals surface area contributed by atoms with E-state index >= 15 is 0 Å². The smallest absolute Gasteiger partial charge is 0.313 e. The Balaban J connectivity index is 1.27. The van der Waals surface area contributed by atoms with Gasteiger partial charge in [0.05, 0.1) is 23.5 Å². The summed E-state index contributed by atoms with van der Waals surface area (Å²) in [5.74, 6) is 0.00246. The van der Waals surface area contributed by atoms with Gasteiger partial charge in [-0.25, -0.2) is 10.5 Å². The molecule has 39 heavy (non-hydrogen) atoms. The maximum atomic E-state index is 12.6. The van der Waals surface area contributed by atoms with Crippen LogP contribution in [0, 0.1) is 11.3 Å². The number of rotatable bonds is 10. The molecule has 3 aromatic rings. The van der Waals surface area contributed by atoms with Crippen molar-refractivity contribution in [1.29, 1.82) is 0 Å². The van der Waals surface area contributed by atoms with Crippen LogP contribution in [0.5, 0.6) is 5.75 Å². The maximum Gasteiger partial charge on any atom is 0.313 e. The number of anilines is 1. The Bertz CT molecular complexity index is 1320. The first-order valence-electron chi connectivity index (χ1n) is 13.6. The summed E-state index contributed by atoms with van der Waals surface area (Å²) in [7, 11) is 2.16. The number of piperidine rings is 1. The molecule has 9 nitrogen and oxygen atoms in total. The van der Waals surface area contributed by atoms with E-state index in [1.54, 1.807) is 12.4 Å². The first-order chi connectivity index (χ1) is 18.9. The summed E-state index contributed by atoms with van der Waals surface area (Å²) in [6.07, 6.45) is 2.88. The number of carbonyl (C=O) groups is 2. The molecule has 1 amide bonds. The van der Waals surface area contributed by atoms with Crippen molar-refractivity contribution in [2.45, 2.75) is 45.3 Å². The van der Waals surface area contributed by atoms with Crippen LogP contribution in [0.25, 0.3) is 10.9 Å². The number of hydrogen-bond donors (Lipinski definition) is 3. The van der Waals surface area contributed by atoms with E-state index in [2.05, 4.69) is 29.4 Å². The van der Waals surface area contributed by atoms with Crippen LogP contribution in [0.1, 0.15) is 37.3 Å². The predicted molar refractivity (Wildman–Crippen MR) is 147 cm³/mol. The molecule has 1 aromatic heterocycles. The molecule has 206 valence electrons. The van der Waals surface area contributed by atoms with Gasteiger partial charge in [0.15, 0.2) is 0 Å². The molecule has 1 unspecified atom stereocenters. The van der Waals surface area contributed by atoms with Gasteiger partial charge in [0.25, 0.3) is 0 Å². The Kier molecular flexibility index (Phi) is 7.99. The van der Waals surface area contributed by atoms with Gasteiger partial charge in [0, 0.05) is 17.0 Å². The van der Waals surface area contributed by atoms with Crippen LogP contribution in [0.15, 0.2) is 54.6 Å². The number of hydroxylamine groups is 1. The minimum Gasteiger partial charge on any atom is -0.489 e. The van der Waals surface area contributed by atoms with Crippen molar-refractivity contribution in [3.63, 3.8) is 0 Å². The van der Waals surface area contributed by atoms with Gasteiger partial charge in [-0.3, -0.25) is 14.8 Å². The van der Waals surface area contributed by atoms with Gasteiger partial charge in [-0.2, -0.15) is 0 Å². The van der Waals surface area contributed by atoms with Crippen molar-refractivity contribution in [2.24, 2.45) is 11.3 Å². The van der Waals surface area contributed by atoms with Crippen molar-refractivity contribution in [2.75, 3.05) is 32.1 Å². The molecule has 1 saturated heterocycles. The lowest BCUT2D eigenvalue weighted by Crippen LogP contribution is -2.36. The number of carbonyl (C=O) groups excluding carboxylic acids is 2. The zero-order chi connectivity index (χ0) is 27.4. The molecular weight excluding hydrogens is 496 g/mol. The summed E-state index contributed by atoms with van der Waals surface area (Å²) in [6.45, 7) is 4.51. The molecule has 2 aromatic carbocycles. The Morgan fingerprint density at radius 3 is 2.59 bits per heavy atom. The van der Waals surface area contributed by atoms with E-state index in [0.717, 1.165) is 53.8 Å². The first-order valence-corrected chi connectivity index (χ1v) is 13.6. The van der Waals surface area contributed by atoms with Crippen molar-refractivity contribution >= 4 is 28.6 Å². The summed E-state index contributed by atoms with van der Waals surface area (Å²) in [6, 6.07) is 18.1. The van der Waals surface area contributed by atoms with Crippen LogP contribution in [-0.2, 0) is 27.4 Å². The highest BCUT2D eigenvalue weighted by atomic mass is 16.5. The van der Waals surface area contributed by atoms with Crippen LogP contribution < -0.4 is 15.5 Å². The molecule has 0 bridgehead atoms. The molecule has 1 aliphatic heterocycles. The van der Waals surface area contributed by atoms with E-state index in [1.165, 1.54) is 0 Å². The molecular formula is C30H36N4O5. The zero-order valence-corrected chi connectivity index (χ0v) is 22.5. The topological polar surface area (TPSA) is 113 Å². The van der Waals surface area contributed by atoms with Crippen molar-refractivity contribution in [3.8, 4) is 5.75 Å². The molecule has 0 spiro atoms. The van der Waals surface area contributed by atoms with Gasteiger partial charge in [0.1, 0.15) is 18.2 Å². The molecule has 0 radical (unpaired) electrons. The second kappa shape index (κ2) is 11.6. The third-order valence-electron chi connectivity index (χ3n) is 7.89. The lowest BCUT2D eigenvalue weighted by Gasteiger charge is -2.30. The number of nitrogens with zero attached hydrogens (tertiary/aromatic N) is 2. The molecule has 1 saturated carbocycles. The van der Waals surface area contributed by atoms with Crippen LogP contribution in [0.3, 0.4) is 0 Å². The minimum atomic E-state index is -0.946. The first kappa shape index (κ1) is 26.9. The highest BCUT2D eigenvalue weighted by Crippen LogP contribution is 2.56. The highest BCUT2D eigenvalue weighted by Gasteiger charge is 2.64. The number of para-hydroxylation sites is 1. The van der Waals surface area contributed by atoms with E-state index in [-0.39, 0.29) is 6.61 Å². The molecule has 2 fully saturated rings. The quantitative estimate of drug-likeness (QED) is 0.205. The zero-order valence-electron chi connectivity index (χ0n) is 22.5. The van der Waals surface area contributed by atoms with E-state index in [0.29, 0.717) is 31.2 Å². The largest absolute Gasteiger partial charge is 0.489 e. The summed E-state index contributed by atoms with van der Waals surface area (Å²) in [5.41, 5.74) is 3.60. The van der Waals surface area contributed by atoms with Gasteiger partial charge in [0.2, 0.25) is 5.91 Å². The number of fused-ring (bicyclic) bond motifs is 1. The number of esters is 1. The average Bonchev–Trinajstić information content (AvgIpc) is 3.68. The summed E-state index contributed by atoms with van der Waals surface area (Å²) in [5, 5.41) is 13.7. The molecule has 2 aliphatic rings. The summed E-state index contributed by atoms with van der Waals surface area (Å²) < 4.78 is 11.4. The number of aromatic nitrogens is 1. The molecule has 9 heteroatoms. The standard InChI is InChI=1S/C30H36N4O5/c1-3-38-29(36)30(18-25(30)28(35)33-37)17-20-8-10-23(11-9-20)39-19-21-16-27(31-22-12-14-34(2)15-13-22)32-26-7-5-4-6-24(21)26/h4-11,16,22,25,37H,3,12-15,17-19H2,1-2H3,(H,31,32)(H,33,35)/t25?,30-/m0/s1. The number of benzene rings is 2. The third-order valence-corrected chi connectivity index (χ3v) is 7.89. The fourth-order valence-corrected chi connectivity index (χ4v) is 5.53. The van der Waals surface area contributed by atoms with Gasteiger partial charge >= 0.3 is 5.97 Å². The number of hydrogen-bond acceptors (Lipinski definition) is 8. The van der Waals surface area contributed by atoms with Gasteiger partial charge in [-0.05, 0) is 82.6 Å². The monoisotopic (exact) mass is 532 g/mol. The average molecular weight is 533 g/mol. The number of pyridine rings is 1. The Hall–Kier alpha value is -3.69. The molecule has 1 aliphatic carbocycles. The SMILES string of the molecule is CCOC(=O)[C@@]1(Cc2ccc(OCc3cc(NC4CCN(C)CC4)nc4ccccc34)cc2)CC1C(=O)NO. The van der Waals surface area contributed by atoms with E-state index in [4.69, 9.17) is 19.7 Å². The van der Waals surface area contributed by atoms with Crippen molar-refractivity contribution in [3.05, 3.63) is 65.7 Å². The van der Waals surface area contributed by atoms with Gasteiger partial charge in [-0.15, -0.1) is 0 Å². The second-order valence-electron chi connectivity index (χ2n) is 10.6. The Morgan fingerprint density at radius 2 is 1.87 bits per heavy atom. The molecule has 2 atom stereocenters. The highest BCUT2D eigenvalue weighted by molar-refractivity contribution is 5.93. The lowest BCUT2D eigenvalue weighted by atomic mass is 9.93. The third kappa shape index (κ3) is 5.99. The summed E-state index contributed by atoms with van der Waals surface area (Å²) >= 11 is 0. The normalized spacial score (nSPS) is 21.4. The number of likely N-dealkylation sites (tertiary alicyclic amines) is 1. The van der Waals surface area contributed by atoms with E-state index in [9.17, 15) is 9.59 Å². The predicted octanol–water partition coefficient (Wildman–Crippen LogP) is 3.94. The summed E-state index contributed by atoms with van der Waals surface area (Å²) in [4.78, 5) is 31.8. The van der Waals surface area contributed by atoms with Crippen LogP contribution in [0.4, 0.5) is 5.82 Å². The lowest BCUT2D eigenvalue weighted by molar-refractivity contribution is -0.152. The number of amides is 1. The second-order valence-corrected chi connectivity index (χ2v) is 10.6. The fourth-order valence-electron chi connectivity index (χ4n) is 5.53.